The van der Waals surface area contributed by atoms with Crippen LogP contribution >= 0.6 is 0 Å². The number of hydrogen-bond acceptors (Lipinski definition) is 3. The van der Waals surface area contributed by atoms with E-state index < -0.39 is 16.2 Å². The molecule has 0 unspecified atom stereocenters. The van der Waals surface area contributed by atoms with Gasteiger partial charge in [-0.05, 0) is 6.92 Å². The fraction of sp³-hybridized carbons (Fsp3) is 0.250. The topological polar surface area (TPSA) is 91.8 Å². The lowest BCUT2D eigenvalue weighted by atomic mass is 10.4. The summed E-state index contributed by atoms with van der Waals surface area (Å²) < 4.78 is 0. The first-order valence-corrected chi connectivity index (χ1v) is 2.54. The second-order valence-electron chi connectivity index (χ2n) is 1.81. The van der Waals surface area contributed by atoms with Crippen LogP contribution < -0.4 is 5.56 Å². The van der Waals surface area contributed by atoms with Crippen molar-refractivity contribution in [1.82, 2.24) is 10.2 Å². The first-order valence-electron chi connectivity index (χ1n) is 2.54. The van der Waals surface area contributed by atoms with Gasteiger partial charge in [0.05, 0.1) is 4.92 Å². The van der Waals surface area contributed by atoms with Gasteiger partial charge in [-0.25, -0.2) is 0 Å². The minimum Gasteiger partial charge on any atom is -0.296 e. The molecule has 2 N–H and O–H groups in total. The van der Waals surface area contributed by atoms with E-state index in [4.69, 9.17) is 0 Å². The molecule has 0 aliphatic carbocycles. The molecule has 0 aliphatic heterocycles. The standard InChI is InChI=1S/C4H5N3O3/c1-2-3(7(9)10)4(8)6-5-2/h1H3,(H2,5,6,8). The van der Waals surface area contributed by atoms with Gasteiger partial charge in [-0.15, -0.1) is 0 Å². The average molecular weight is 143 g/mol. The second kappa shape index (κ2) is 1.98. The van der Waals surface area contributed by atoms with Gasteiger partial charge in [0.2, 0.25) is 0 Å². The summed E-state index contributed by atoms with van der Waals surface area (Å²) in [5, 5.41) is 14.5. The van der Waals surface area contributed by atoms with E-state index in [1.54, 1.807) is 0 Å². The molecule has 6 nitrogen and oxygen atoms in total. The lowest BCUT2D eigenvalue weighted by Gasteiger charge is -1.81. The number of aromatic amines is 2. The summed E-state index contributed by atoms with van der Waals surface area (Å²) >= 11 is 0. The van der Waals surface area contributed by atoms with Crippen LogP contribution in [0.1, 0.15) is 5.69 Å². The van der Waals surface area contributed by atoms with E-state index >= 15 is 0 Å². The van der Waals surface area contributed by atoms with Crippen LogP contribution in [0.15, 0.2) is 4.79 Å². The Morgan fingerprint density at radius 1 is 1.50 bits per heavy atom. The highest BCUT2D eigenvalue weighted by atomic mass is 16.6. The lowest BCUT2D eigenvalue weighted by molar-refractivity contribution is -0.386. The smallest absolute Gasteiger partial charge is 0.296 e. The van der Waals surface area contributed by atoms with Crippen LogP contribution in [0.3, 0.4) is 0 Å². The first kappa shape index (κ1) is 6.53. The second-order valence-corrected chi connectivity index (χ2v) is 1.81. The number of rotatable bonds is 1. The van der Waals surface area contributed by atoms with E-state index in [0.717, 1.165) is 0 Å². The lowest BCUT2D eigenvalue weighted by Crippen LogP contribution is -2.05. The van der Waals surface area contributed by atoms with Gasteiger partial charge in [-0.2, -0.15) is 0 Å². The fourth-order valence-electron chi connectivity index (χ4n) is 0.659. The largest absolute Gasteiger partial charge is 0.355 e. The number of nitrogens with zero attached hydrogens (tertiary/aromatic N) is 1. The number of nitrogens with one attached hydrogen (secondary N) is 2. The predicted molar refractivity (Wildman–Crippen MR) is 32.8 cm³/mol. The summed E-state index contributed by atoms with van der Waals surface area (Å²) in [6.07, 6.45) is 0. The van der Waals surface area contributed by atoms with Crippen molar-refractivity contribution < 1.29 is 4.92 Å². The number of hydrogen-bond donors (Lipinski definition) is 2. The van der Waals surface area contributed by atoms with Gasteiger partial charge in [-0.1, -0.05) is 0 Å². The summed E-state index contributed by atoms with van der Waals surface area (Å²) in [5.41, 5.74) is -0.863. The molecule has 0 aromatic carbocycles. The Balaban J connectivity index is 3.37. The Bertz CT molecular complexity index is 310. The number of aromatic nitrogens is 2. The summed E-state index contributed by atoms with van der Waals surface area (Å²) in [7, 11) is 0. The maximum absolute atomic E-state index is 10.6. The molecule has 0 saturated heterocycles. The molecular weight excluding hydrogens is 138 g/mol. The molecule has 1 heterocycles. The van der Waals surface area contributed by atoms with Gasteiger partial charge in [-0.3, -0.25) is 25.1 Å². The fourth-order valence-corrected chi connectivity index (χ4v) is 0.659. The van der Waals surface area contributed by atoms with Crippen LogP contribution in [0.25, 0.3) is 0 Å². The van der Waals surface area contributed by atoms with Crippen molar-refractivity contribution in [3.05, 3.63) is 26.2 Å². The van der Waals surface area contributed by atoms with E-state index in [0.29, 0.717) is 0 Å². The third-order valence-electron chi connectivity index (χ3n) is 1.12. The molecular formula is C4H5N3O3. The molecule has 6 heteroatoms. The van der Waals surface area contributed by atoms with Crippen molar-refractivity contribution in [1.29, 1.82) is 0 Å². The van der Waals surface area contributed by atoms with Crippen molar-refractivity contribution in [2.24, 2.45) is 0 Å². The van der Waals surface area contributed by atoms with Crippen molar-refractivity contribution in [3.8, 4) is 0 Å². The highest BCUT2D eigenvalue weighted by molar-refractivity contribution is 5.30. The molecule has 54 valence electrons. The summed E-state index contributed by atoms with van der Waals surface area (Å²) in [5.74, 6) is 0. The SMILES string of the molecule is Cc1[nH][nH]c(=O)c1[N+](=O)[O-]. The minimum absolute atomic E-state index is 0.245. The maximum Gasteiger partial charge on any atom is 0.355 e. The molecule has 1 aromatic heterocycles. The van der Waals surface area contributed by atoms with Crippen LogP contribution in [0.4, 0.5) is 5.69 Å². The predicted octanol–water partition coefficient (Wildman–Crippen LogP) is -0.0804. The van der Waals surface area contributed by atoms with Crippen LogP contribution in [-0.2, 0) is 0 Å². The zero-order valence-corrected chi connectivity index (χ0v) is 5.17. The van der Waals surface area contributed by atoms with Gasteiger partial charge in [0.1, 0.15) is 5.69 Å². The maximum atomic E-state index is 10.6. The highest BCUT2D eigenvalue weighted by Gasteiger charge is 2.16. The van der Waals surface area contributed by atoms with Gasteiger partial charge < -0.3 is 0 Å². The van der Waals surface area contributed by atoms with Crippen molar-refractivity contribution in [2.45, 2.75) is 6.92 Å². The zero-order chi connectivity index (χ0) is 7.72. The molecule has 0 saturated carbocycles. The van der Waals surface area contributed by atoms with E-state index in [-0.39, 0.29) is 5.69 Å². The van der Waals surface area contributed by atoms with Crippen molar-refractivity contribution in [3.63, 3.8) is 0 Å². The number of H-pyrrole nitrogens is 2. The Kier molecular flexibility index (Phi) is 1.29. The summed E-state index contributed by atoms with van der Waals surface area (Å²) in [6.45, 7) is 1.45. The molecule has 1 aromatic rings. The van der Waals surface area contributed by atoms with Crippen LogP contribution in [0, 0.1) is 17.0 Å². The molecule has 0 aliphatic rings. The van der Waals surface area contributed by atoms with Crippen LogP contribution in [0.2, 0.25) is 0 Å². The highest BCUT2D eigenvalue weighted by Crippen LogP contribution is 2.05. The zero-order valence-electron chi connectivity index (χ0n) is 5.17. The molecule has 10 heavy (non-hydrogen) atoms. The van der Waals surface area contributed by atoms with Gasteiger partial charge >= 0.3 is 11.2 Å². The quantitative estimate of drug-likeness (QED) is 0.425. The first-order chi connectivity index (χ1) is 4.63. The molecule has 0 amide bonds. The summed E-state index contributed by atoms with van der Waals surface area (Å²) in [4.78, 5) is 19.9. The van der Waals surface area contributed by atoms with E-state index in [2.05, 4.69) is 10.2 Å². The van der Waals surface area contributed by atoms with Crippen LogP contribution in [0.5, 0.6) is 0 Å². The normalized spacial score (nSPS) is 9.70. The monoisotopic (exact) mass is 143 g/mol. The van der Waals surface area contributed by atoms with E-state index in [1.165, 1.54) is 6.92 Å². The molecule has 1 rings (SSSR count). The molecule has 0 bridgehead atoms. The Hall–Kier alpha value is -1.59. The number of nitro groups is 1. The minimum atomic E-state index is -0.718. The molecule has 0 atom stereocenters. The average Bonchev–Trinajstić information content (AvgIpc) is 2.11. The Labute approximate surface area is 55.0 Å². The third-order valence-corrected chi connectivity index (χ3v) is 1.12. The molecule has 0 fully saturated rings. The van der Waals surface area contributed by atoms with Crippen molar-refractivity contribution >= 4 is 5.69 Å². The van der Waals surface area contributed by atoms with Gasteiger partial charge in [0, 0.05) is 0 Å². The van der Waals surface area contributed by atoms with Gasteiger partial charge in [0.25, 0.3) is 0 Å². The van der Waals surface area contributed by atoms with Gasteiger partial charge in [0.15, 0.2) is 0 Å². The summed E-state index contributed by atoms with van der Waals surface area (Å²) in [6, 6.07) is 0. The van der Waals surface area contributed by atoms with Crippen molar-refractivity contribution in [2.75, 3.05) is 0 Å². The van der Waals surface area contributed by atoms with E-state index in [1.807, 2.05) is 0 Å². The Morgan fingerprint density at radius 3 is 2.30 bits per heavy atom. The number of aryl methyl sites for hydroxylation is 1. The molecule has 0 radical (unpaired) electrons. The van der Waals surface area contributed by atoms with E-state index in [9.17, 15) is 14.9 Å². The van der Waals surface area contributed by atoms with Crippen LogP contribution in [-0.4, -0.2) is 15.1 Å². The molecule has 0 spiro atoms. The Morgan fingerprint density at radius 2 is 2.10 bits per heavy atom. The third kappa shape index (κ3) is 0.790.